The van der Waals surface area contributed by atoms with Crippen molar-refractivity contribution in [2.45, 2.75) is 24.6 Å². The lowest BCUT2D eigenvalue weighted by molar-refractivity contribution is -0.137. The number of halogens is 3. The molecule has 19 heavy (non-hydrogen) atoms. The summed E-state index contributed by atoms with van der Waals surface area (Å²) in [7, 11) is 1.35. The molecule has 0 amide bonds. The molecule has 0 unspecified atom stereocenters. The maximum Gasteiger partial charge on any atom is 0.417 e. The van der Waals surface area contributed by atoms with E-state index in [1.807, 2.05) is 0 Å². The monoisotopic (exact) mass is 294 g/mol. The van der Waals surface area contributed by atoms with E-state index in [0.717, 1.165) is 16.7 Å². The number of alkyl halides is 3. The molecule has 1 aliphatic heterocycles. The van der Waals surface area contributed by atoms with E-state index in [4.69, 9.17) is 9.47 Å². The molecule has 1 fully saturated rings. The number of carbonyl (C=O) groups is 1. The van der Waals surface area contributed by atoms with Crippen molar-refractivity contribution in [1.82, 2.24) is 0 Å². The molecule has 0 spiro atoms. The SMILES string of the molecule is COC1(C(=O)c2cscc2C(F)(F)F)CCOCC1. The van der Waals surface area contributed by atoms with E-state index in [1.54, 1.807) is 0 Å². The zero-order valence-corrected chi connectivity index (χ0v) is 11.1. The first-order valence-corrected chi connectivity index (χ1v) is 6.66. The van der Waals surface area contributed by atoms with Crippen molar-refractivity contribution in [2.75, 3.05) is 20.3 Å². The van der Waals surface area contributed by atoms with Crippen LogP contribution in [0, 0.1) is 0 Å². The lowest BCUT2D eigenvalue weighted by Crippen LogP contribution is -2.46. The first-order valence-electron chi connectivity index (χ1n) is 5.72. The number of hydrogen-bond acceptors (Lipinski definition) is 4. The Kier molecular flexibility index (Phi) is 3.98. The molecule has 0 aliphatic carbocycles. The van der Waals surface area contributed by atoms with Gasteiger partial charge in [0, 0.05) is 49.5 Å². The molecule has 0 bridgehead atoms. The van der Waals surface area contributed by atoms with E-state index in [2.05, 4.69) is 0 Å². The fourth-order valence-electron chi connectivity index (χ4n) is 2.16. The number of ketones is 1. The van der Waals surface area contributed by atoms with Gasteiger partial charge in [0.1, 0.15) is 5.60 Å². The quantitative estimate of drug-likeness (QED) is 0.803. The topological polar surface area (TPSA) is 35.5 Å². The van der Waals surface area contributed by atoms with Crippen LogP contribution < -0.4 is 0 Å². The number of rotatable bonds is 3. The minimum atomic E-state index is -4.52. The normalized spacial score (nSPS) is 19.4. The highest BCUT2D eigenvalue weighted by Crippen LogP contribution is 2.38. The van der Waals surface area contributed by atoms with Crippen LogP contribution in [0.4, 0.5) is 13.2 Å². The molecule has 0 atom stereocenters. The van der Waals surface area contributed by atoms with Crippen molar-refractivity contribution in [3.05, 3.63) is 21.9 Å². The Balaban J connectivity index is 2.36. The Labute approximate surface area is 112 Å². The van der Waals surface area contributed by atoms with Gasteiger partial charge in [-0.2, -0.15) is 24.5 Å². The number of ether oxygens (including phenoxy) is 2. The molecule has 0 radical (unpaired) electrons. The van der Waals surface area contributed by atoms with Crippen LogP contribution in [0.1, 0.15) is 28.8 Å². The van der Waals surface area contributed by atoms with Gasteiger partial charge in [0.2, 0.25) is 0 Å². The predicted octanol–water partition coefficient (Wildman–Crippen LogP) is 3.15. The number of Topliss-reactive ketones (excluding diaryl/α,β-unsaturated/α-hetero) is 1. The lowest BCUT2D eigenvalue weighted by Gasteiger charge is -2.34. The van der Waals surface area contributed by atoms with Crippen molar-refractivity contribution in [1.29, 1.82) is 0 Å². The van der Waals surface area contributed by atoms with Crippen molar-refractivity contribution in [3.63, 3.8) is 0 Å². The maximum absolute atomic E-state index is 12.8. The molecule has 1 saturated heterocycles. The highest BCUT2D eigenvalue weighted by Gasteiger charge is 2.45. The average molecular weight is 294 g/mol. The third kappa shape index (κ3) is 2.68. The summed E-state index contributed by atoms with van der Waals surface area (Å²) in [6.07, 6.45) is -3.98. The van der Waals surface area contributed by atoms with E-state index < -0.39 is 23.1 Å². The summed E-state index contributed by atoms with van der Waals surface area (Å²) in [4.78, 5) is 12.4. The molecular formula is C12H13F3O3S. The van der Waals surface area contributed by atoms with Crippen LogP contribution in [0.5, 0.6) is 0 Å². The van der Waals surface area contributed by atoms with Crippen LogP contribution in [-0.2, 0) is 15.7 Å². The van der Waals surface area contributed by atoms with Crippen molar-refractivity contribution < 1.29 is 27.4 Å². The van der Waals surface area contributed by atoms with Gasteiger partial charge in [-0.3, -0.25) is 4.79 Å². The molecule has 7 heteroatoms. The molecule has 0 N–H and O–H groups in total. The molecule has 2 rings (SSSR count). The summed E-state index contributed by atoms with van der Waals surface area (Å²) >= 11 is 0.867. The van der Waals surface area contributed by atoms with Crippen LogP contribution in [0.3, 0.4) is 0 Å². The van der Waals surface area contributed by atoms with Crippen molar-refractivity contribution >= 4 is 17.1 Å². The minimum Gasteiger partial charge on any atom is -0.381 e. The Bertz CT molecular complexity index is 461. The first-order chi connectivity index (χ1) is 8.91. The van der Waals surface area contributed by atoms with Gasteiger partial charge >= 0.3 is 6.18 Å². The third-order valence-corrected chi connectivity index (χ3v) is 4.06. The standard InChI is InChI=1S/C12H13F3O3S/c1-17-11(2-4-18-5-3-11)10(16)8-6-19-7-9(8)12(13,14)15/h6-7H,2-5H2,1H3. The van der Waals surface area contributed by atoms with Gasteiger partial charge < -0.3 is 9.47 Å². The summed E-state index contributed by atoms with van der Waals surface area (Å²) < 4.78 is 48.9. The Morgan fingerprint density at radius 2 is 2.00 bits per heavy atom. The summed E-state index contributed by atoms with van der Waals surface area (Å²) in [5.74, 6) is -0.605. The van der Waals surface area contributed by atoms with Gasteiger partial charge in [-0.15, -0.1) is 0 Å². The molecule has 1 aromatic heterocycles. The first kappa shape index (κ1) is 14.5. The van der Waals surface area contributed by atoms with Gasteiger partial charge in [0.15, 0.2) is 5.78 Å². The zero-order valence-electron chi connectivity index (χ0n) is 10.3. The fourth-order valence-corrected chi connectivity index (χ4v) is 3.00. The number of methoxy groups -OCH3 is 1. The van der Waals surface area contributed by atoms with Crippen molar-refractivity contribution in [3.8, 4) is 0 Å². The molecule has 2 heterocycles. The lowest BCUT2D eigenvalue weighted by atomic mass is 9.85. The van der Waals surface area contributed by atoms with Crippen LogP contribution in [0.25, 0.3) is 0 Å². The van der Waals surface area contributed by atoms with Gasteiger partial charge in [-0.1, -0.05) is 0 Å². The van der Waals surface area contributed by atoms with Gasteiger partial charge in [-0.25, -0.2) is 0 Å². The Morgan fingerprint density at radius 3 is 2.53 bits per heavy atom. The maximum atomic E-state index is 12.8. The van der Waals surface area contributed by atoms with Gasteiger partial charge in [0.05, 0.1) is 5.56 Å². The van der Waals surface area contributed by atoms with Crippen LogP contribution >= 0.6 is 11.3 Å². The van der Waals surface area contributed by atoms with E-state index in [-0.39, 0.29) is 18.4 Å². The van der Waals surface area contributed by atoms with E-state index >= 15 is 0 Å². The molecule has 0 aromatic carbocycles. The summed E-state index contributed by atoms with van der Waals surface area (Å²) in [5.41, 5.74) is -2.38. The zero-order chi connectivity index (χ0) is 14.1. The van der Waals surface area contributed by atoms with E-state index in [1.165, 1.54) is 12.5 Å². The van der Waals surface area contributed by atoms with E-state index in [0.29, 0.717) is 13.2 Å². The third-order valence-electron chi connectivity index (χ3n) is 3.32. The second-order valence-corrected chi connectivity index (χ2v) is 5.08. The summed E-state index contributed by atoms with van der Waals surface area (Å²) in [6, 6.07) is 0. The smallest absolute Gasteiger partial charge is 0.381 e. The molecule has 1 aromatic rings. The van der Waals surface area contributed by atoms with Gasteiger partial charge in [-0.05, 0) is 0 Å². The molecule has 106 valence electrons. The average Bonchev–Trinajstić information content (AvgIpc) is 2.87. The largest absolute Gasteiger partial charge is 0.417 e. The number of thiophene rings is 1. The molecule has 3 nitrogen and oxygen atoms in total. The fraction of sp³-hybridized carbons (Fsp3) is 0.583. The molecule has 1 aliphatic rings. The molecule has 0 saturated carbocycles. The summed E-state index contributed by atoms with van der Waals surface area (Å²) in [5, 5.41) is 2.19. The number of hydrogen-bond donors (Lipinski definition) is 0. The number of carbonyl (C=O) groups excluding carboxylic acids is 1. The summed E-state index contributed by atoms with van der Waals surface area (Å²) in [6.45, 7) is 0.621. The van der Waals surface area contributed by atoms with Gasteiger partial charge in [0.25, 0.3) is 0 Å². The predicted molar refractivity (Wildman–Crippen MR) is 63.4 cm³/mol. The Hall–Kier alpha value is -0.920. The second-order valence-electron chi connectivity index (χ2n) is 4.34. The van der Waals surface area contributed by atoms with E-state index in [9.17, 15) is 18.0 Å². The van der Waals surface area contributed by atoms with Crippen LogP contribution in [0.15, 0.2) is 10.8 Å². The highest BCUT2D eigenvalue weighted by atomic mass is 32.1. The Morgan fingerprint density at radius 1 is 1.37 bits per heavy atom. The second kappa shape index (κ2) is 5.22. The van der Waals surface area contributed by atoms with Crippen LogP contribution in [-0.4, -0.2) is 31.7 Å². The molecular weight excluding hydrogens is 281 g/mol. The van der Waals surface area contributed by atoms with Crippen LogP contribution in [0.2, 0.25) is 0 Å². The highest BCUT2D eigenvalue weighted by molar-refractivity contribution is 7.08. The minimum absolute atomic E-state index is 0.273. The van der Waals surface area contributed by atoms with Crippen molar-refractivity contribution in [2.24, 2.45) is 0 Å².